The Kier molecular flexibility index (Phi) is 3.40. The maximum atomic E-state index is 5.85. The molecule has 2 aromatic rings. The highest BCUT2D eigenvalue weighted by atomic mass is 16.5. The minimum absolute atomic E-state index is 0.207. The van der Waals surface area contributed by atoms with Gasteiger partial charge in [0, 0.05) is 24.2 Å². The SMILES string of the molecule is CCN1CCOC(Cn2ncc3ccc(N)cc32)C1. The van der Waals surface area contributed by atoms with Crippen LogP contribution in [0.4, 0.5) is 5.69 Å². The third-order valence-electron chi connectivity index (χ3n) is 3.72. The molecule has 0 saturated carbocycles. The van der Waals surface area contributed by atoms with Crippen molar-refractivity contribution in [3.8, 4) is 0 Å². The number of nitrogens with zero attached hydrogens (tertiary/aromatic N) is 3. The lowest BCUT2D eigenvalue weighted by Gasteiger charge is -2.32. The number of rotatable bonds is 3. The second-order valence-corrected chi connectivity index (χ2v) is 5.03. The number of likely N-dealkylation sites (N-methyl/N-ethyl adjacent to an activating group) is 1. The summed E-state index contributed by atoms with van der Waals surface area (Å²) in [7, 11) is 0. The van der Waals surface area contributed by atoms with Gasteiger partial charge >= 0.3 is 0 Å². The van der Waals surface area contributed by atoms with Crippen LogP contribution in [-0.2, 0) is 11.3 Å². The lowest BCUT2D eigenvalue weighted by Crippen LogP contribution is -2.44. The van der Waals surface area contributed by atoms with Gasteiger partial charge < -0.3 is 10.5 Å². The molecule has 0 radical (unpaired) electrons. The van der Waals surface area contributed by atoms with E-state index >= 15 is 0 Å². The minimum atomic E-state index is 0.207. The number of fused-ring (bicyclic) bond motifs is 1. The van der Waals surface area contributed by atoms with Crippen LogP contribution in [0.1, 0.15) is 6.92 Å². The first-order valence-electron chi connectivity index (χ1n) is 6.81. The zero-order valence-electron chi connectivity index (χ0n) is 11.2. The molecule has 5 nitrogen and oxygen atoms in total. The van der Waals surface area contributed by atoms with Crippen LogP contribution in [0.15, 0.2) is 24.4 Å². The van der Waals surface area contributed by atoms with E-state index in [1.54, 1.807) is 0 Å². The molecule has 0 bridgehead atoms. The fourth-order valence-corrected chi connectivity index (χ4v) is 2.60. The van der Waals surface area contributed by atoms with Gasteiger partial charge in [0.25, 0.3) is 0 Å². The molecular formula is C14H20N4O. The van der Waals surface area contributed by atoms with Gasteiger partial charge in [-0.2, -0.15) is 5.10 Å². The fraction of sp³-hybridized carbons (Fsp3) is 0.500. The average Bonchev–Trinajstić information content (AvgIpc) is 2.81. The third-order valence-corrected chi connectivity index (χ3v) is 3.72. The highest BCUT2D eigenvalue weighted by Crippen LogP contribution is 2.18. The molecule has 5 heteroatoms. The van der Waals surface area contributed by atoms with Crippen molar-refractivity contribution in [2.75, 3.05) is 32.0 Å². The van der Waals surface area contributed by atoms with Crippen molar-refractivity contribution in [1.29, 1.82) is 0 Å². The molecule has 0 aliphatic carbocycles. The first-order chi connectivity index (χ1) is 9.26. The summed E-state index contributed by atoms with van der Waals surface area (Å²) in [4.78, 5) is 2.41. The molecule has 19 heavy (non-hydrogen) atoms. The predicted octanol–water partition coefficient (Wildman–Crippen LogP) is 1.34. The monoisotopic (exact) mass is 260 g/mol. The Morgan fingerprint density at radius 3 is 3.21 bits per heavy atom. The molecule has 0 spiro atoms. The number of nitrogen functional groups attached to an aromatic ring is 1. The Morgan fingerprint density at radius 2 is 2.37 bits per heavy atom. The van der Waals surface area contributed by atoms with Gasteiger partial charge in [-0.1, -0.05) is 6.92 Å². The first-order valence-corrected chi connectivity index (χ1v) is 6.81. The van der Waals surface area contributed by atoms with Crippen molar-refractivity contribution >= 4 is 16.6 Å². The molecular weight excluding hydrogens is 240 g/mol. The van der Waals surface area contributed by atoms with Crippen LogP contribution >= 0.6 is 0 Å². The van der Waals surface area contributed by atoms with E-state index < -0.39 is 0 Å². The molecule has 2 N–H and O–H groups in total. The van der Waals surface area contributed by atoms with Crippen LogP contribution in [0.3, 0.4) is 0 Å². The maximum Gasteiger partial charge on any atom is 0.0898 e. The minimum Gasteiger partial charge on any atom is -0.399 e. The zero-order chi connectivity index (χ0) is 13.2. The number of anilines is 1. The van der Waals surface area contributed by atoms with Crippen LogP contribution in [0.5, 0.6) is 0 Å². The Bertz CT molecular complexity index is 566. The largest absolute Gasteiger partial charge is 0.399 e. The van der Waals surface area contributed by atoms with E-state index in [1.807, 2.05) is 29.1 Å². The normalized spacial score (nSPS) is 21.0. The van der Waals surface area contributed by atoms with Crippen molar-refractivity contribution in [2.24, 2.45) is 0 Å². The Hall–Kier alpha value is -1.59. The lowest BCUT2D eigenvalue weighted by atomic mass is 10.2. The average molecular weight is 260 g/mol. The van der Waals surface area contributed by atoms with Crippen LogP contribution in [0, 0.1) is 0 Å². The first kappa shape index (κ1) is 12.4. The summed E-state index contributed by atoms with van der Waals surface area (Å²) in [6.45, 7) is 6.85. The van der Waals surface area contributed by atoms with E-state index in [2.05, 4.69) is 16.9 Å². The van der Waals surface area contributed by atoms with E-state index in [0.717, 1.165) is 49.4 Å². The molecule has 1 aliphatic heterocycles. The van der Waals surface area contributed by atoms with Crippen molar-refractivity contribution < 1.29 is 4.74 Å². The number of aromatic nitrogens is 2. The second kappa shape index (κ2) is 5.19. The van der Waals surface area contributed by atoms with E-state index in [-0.39, 0.29) is 6.10 Å². The van der Waals surface area contributed by atoms with Gasteiger partial charge in [-0.15, -0.1) is 0 Å². The molecule has 102 valence electrons. The van der Waals surface area contributed by atoms with Gasteiger partial charge in [-0.3, -0.25) is 9.58 Å². The number of morpholine rings is 1. The molecule has 1 fully saturated rings. The van der Waals surface area contributed by atoms with Crippen molar-refractivity contribution in [3.63, 3.8) is 0 Å². The highest BCUT2D eigenvalue weighted by Gasteiger charge is 2.20. The van der Waals surface area contributed by atoms with E-state index in [1.165, 1.54) is 0 Å². The standard InChI is InChI=1S/C14H20N4O/c1-2-17-5-6-19-13(9-17)10-18-14-7-12(15)4-3-11(14)8-16-18/h3-4,7-8,13H,2,5-6,9-10,15H2,1H3. The summed E-state index contributed by atoms with van der Waals surface area (Å²) in [5.41, 5.74) is 7.70. The van der Waals surface area contributed by atoms with E-state index in [9.17, 15) is 0 Å². The molecule has 3 rings (SSSR count). The Balaban J connectivity index is 1.79. The number of hydrogen-bond acceptors (Lipinski definition) is 4. The zero-order valence-corrected chi connectivity index (χ0v) is 11.2. The molecule has 1 aromatic carbocycles. The maximum absolute atomic E-state index is 5.85. The van der Waals surface area contributed by atoms with Crippen molar-refractivity contribution in [1.82, 2.24) is 14.7 Å². The van der Waals surface area contributed by atoms with Crippen LogP contribution in [0.25, 0.3) is 10.9 Å². The van der Waals surface area contributed by atoms with Gasteiger partial charge in [0.2, 0.25) is 0 Å². The fourth-order valence-electron chi connectivity index (χ4n) is 2.60. The molecule has 1 unspecified atom stereocenters. The van der Waals surface area contributed by atoms with Gasteiger partial charge in [0.05, 0.1) is 31.0 Å². The number of benzene rings is 1. The number of nitrogens with two attached hydrogens (primary N) is 1. The smallest absolute Gasteiger partial charge is 0.0898 e. The number of hydrogen-bond donors (Lipinski definition) is 1. The van der Waals surface area contributed by atoms with Gasteiger partial charge in [0.1, 0.15) is 0 Å². The van der Waals surface area contributed by atoms with Gasteiger partial charge in [-0.05, 0) is 24.7 Å². The molecule has 1 aliphatic rings. The molecule has 1 aromatic heterocycles. The Morgan fingerprint density at radius 1 is 1.47 bits per heavy atom. The summed E-state index contributed by atoms with van der Waals surface area (Å²) in [5, 5.41) is 5.57. The summed E-state index contributed by atoms with van der Waals surface area (Å²) >= 11 is 0. The lowest BCUT2D eigenvalue weighted by molar-refractivity contribution is -0.0352. The van der Waals surface area contributed by atoms with Crippen LogP contribution in [0.2, 0.25) is 0 Å². The summed E-state index contributed by atoms with van der Waals surface area (Å²) < 4.78 is 7.82. The van der Waals surface area contributed by atoms with Crippen molar-refractivity contribution in [3.05, 3.63) is 24.4 Å². The quantitative estimate of drug-likeness (QED) is 0.846. The van der Waals surface area contributed by atoms with Gasteiger partial charge in [0.15, 0.2) is 0 Å². The summed E-state index contributed by atoms with van der Waals surface area (Å²) in [5.74, 6) is 0. The molecule has 1 atom stereocenters. The van der Waals surface area contributed by atoms with Gasteiger partial charge in [-0.25, -0.2) is 0 Å². The summed E-state index contributed by atoms with van der Waals surface area (Å²) in [6, 6.07) is 5.89. The molecule has 2 heterocycles. The topological polar surface area (TPSA) is 56.3 Å². The molecule has 1 saturated heterocycles. The van der Waals surface area contributed by atoms with E-state index in [0.29, 0.717) is 0 Å². The third kappa shape index (κ3) is 2.57. The van der Waals surface area contributed by atoms with E-state index in [4.69, 9.17) is 10.5 Å². The Labute approximate surface area is 112 Å². The molecule has 0 amide bonds. The second-order valence-electron chi connectivity index (χ2n) is 5.03. The number of ether oxygens (including phenoxy) is 1. The summed E-state index contributed by atoms with van der Waals surface area (Å²) in [6.07, 6.45) is 2.09. The van der Waals surface area contributed by atoms with Crippen LogP contribution < -0.4 is 5.73 Å². The van der Waals surface area contributed by atoms with Crippen LogP contribution in [-0.4, -0.2) is 47.0 Å². The predicted molar refractivity (Wildman–Crippen MR) is 76.0 cm³/mol. The highest BCUT2D eigenvalue weighted by molar-refractivity contribution is 5.81. The van der Waals surface area contributed by atoms with Crippen molar-refractivity contribution in [2.45, 2.75) is 19.6 Å².